The summed E-state index contributed by atoms with van der Waals surface area (Å²) in [7, 11) is -2.43. The molecule has 0 amide bonds. The second-order valence-corrected chi connectivity index (χ2v) is 12.7. The minimum Gasteiger partial charge on any atom is -0.0636 e. The van der Waals surface area contributed by atoms with Gasteiger partial charge in [-0.25, -0.2) is 0 Å². The van der Waals surface area contributed by atoms with Gasteiger partial charge in [0, 0.05) is 0 Å². The lowest BCUT2D eigenvalue weighted by molar-refractivity contribution is 0.851. The molecule has 1 aliphatic carbocycles. The van der Waals surface area contributed by atoms with Crippen LogP contribution < -0.4 is 15.6 Å². The third-order valence-electron chi connectivity index (χ3n) is 7.11. The first-order chi connectivity index (χ1) is 14.4. The second-order valence-electron chi connectivity index (χ2n) is 8.93. The van der Waals surface area contributed by atoms with Gasteiger partial charge in [0.1, 0.15) is 0 Å². The molecule has 1 atom stereocenters. The van der Waals surface area contributed by atoms with Crippen molar-refractivity contribution in [3.63, 3.8) is 0 Å². The van der Waals surface area contributed by atoms with E-state index in [0.29, 0.717) is 5.92 Å². The van der Waals surface area contributed by atoms with Crippen LogP contribution in [0.15, 0.2) is 101 Å². The van der Waals surface area contributed by atoms with Gasteiger partial charge in [-0.15, -0.1) is 0 Å². The highest BCUT2D eigenvalue weighted by Crippen LogP contribution is 2.41. The molecule has 152 valence electrons. The maximum absolute atomic E-state index is 2.45. The van der Waals surface area contributed by atoms with E-state index in [9.17, 15) is 0 Å². The largest absolute Gasteiger partial charge is 0.176 e. The van der Waals surface area contributed by atoms with Crippen molar-refractivity contribution in [3.05, 3.63) is 112 Å². The maximum atomic E-state index is 2.45. The Morgan fingerprint density at radius 1 is 0.567 bits per heavy atom. The molecule has 4 rings (SSSR count). The topological polar surface area (TPSA) is 0 Å². The summed E-state index contributed by atoms with van der Waals surface area (Å²) in [5.41, 5.74) is 7.19. The average Bonchev–Trinajstić information content (AvgIpc) is 2.94. The van der Waals surface area contributed by atoms with Crippen LogP contribution in [-0.4, -0.2) is 8.07 Å². The molecule has 3 aromatic rings. The maximum Gasteiger partial charge on any atom is 0.176 e. The number of hydrogen-bond donors (Lipinski definition) is 0. The first kappa shape index (κ1) is 20.6. The van der Waals surface area contributed by atoms with Crippen LogP contribution in [0.5, 0.6) is 0 Å². The van der Waals surface area contributed by atoms with Crippen LogP contribution in [0.3, 0.4) is 0 Å². The Bertz CT molecular complexity index is 1070. The molecule has 0 aliphatic heterocycles. The van der Waals surface area contributed by atoms with Crippen molar-refractivity contribution in [2.45, 2.75) is 41.5 Å². The van der Waals surface area contributed by atoms with Crippen LogP contribution in [0.4, 0.5) is 0 Å². The zero-order chi connectivity index (χ0) is 21.5. The van der Waals surface area contributed by atoms with Crippen molar-refractivity contribution in [2.24, 2.45) is 5.92 Å². The molecule has 3 aromatic carbocycles. The fourth-order valence-electron chi connectivity index (χ4n) is 5.50. The van der Waals surface area contributed by atoms with E-state index in [1.165, 1.54) is 43.4 Å². The molecule has 0 radical (unpaired) electrons. The Balaban J connectivity index is 2.19. The van der Waals surface area contributed by atoms with E-state index in [4.69, 9.17) is 0 Å². The van der Waals surface area contributed by atoms with E-state index >= 15 is 0 Å². The summed E-state index contributed by atoms with van der Waals surface area (Å²) in [6.07, 6.45) is 0. The first-order valence-corrected chi connectivity index (χ1v) is 13.0. The summed E-state index contributed by atoms with van der Waals surface area (Å²) in [5.74, 6) is 0.456. The van der Waals surface area contributed by atoms with Gasteiger partial charge in [-0.2, -0.15) is 0 Å². The van der Waals surface area contributed by atoms with Gasteiger partial charge in [0.05, 0.1) is 0 Å². The van der Waals surface area contributed by atoms with E-state index in [0.717, 1.165) is 0 Å². The molecule has 0 saturated carbocycles. The minimum absolute atomic E-state index is 0.456. The van der Waals surface area contributed by atoms with E-state index in [2.05, 4.69) is 120 Å². The van der Waals surface area contributed by atoms with Gasteiger partial charge >= 0.3 is 0 Å². The summed E-state index contributed by atoms with van der Waals surface area (Å²) in [4.78, 5) is 0. The van der Waals surface area contributed by atoms with Crippen molar-refractivity contribution < 1.29 is 0 Å². The van der Waals surface area contributed by atoms with Gasteiger partial charge in [-0.3, -0.25) is 0 Å². The highest BCUT2D eigenvalue weighted by Gasteiger charge is 2.47. The van der Waals surface area contributed by atoms with Gasteiger partial charge in [0.2, 0.25) is 0 Å². The van der Waals surface area contributed by atoms with Crippen molar-refractivity contribution >= 4 is 23.6 Å². The normalized spacial score (nSPS) is 17.1. The second kappa shape index (κ2) is 7.89. The van der Waals surface area contributed by atoms with E-state index in [-0.39, 0.29) is 0 Å². The average molecular weight is 409 g/mol. The van der Waals surface area contributed by atoms with Crippen molar-refractivity contribution in [1.82, 2.24) is 0 Å². The van der Waals surface area contributed by atoms with Gasteiger partial charge in [-0.05, 0) is 61.7 Å². The van der Waals surface area contributed by atoms with E-state index in [1.54, 1.807) is 5.20 Å². The molecule has 0 aromatic heterocycles. The summed E-state index contributed by atoms with van der Waals surface area (Å²) < 4.78 is 0. The molecule has 1 unspecified atom stereocenters. The third-order valence-corrected chi connectivity index (χ3v) is 12.3. The number of rotatable bonds is 4. The van der Waals surface area contributed by atoms with Crippen LogP contribution in [0.2, 0.25) is 0 Å². The Labute approximate surface area is 183 Å². The lowest BCUT2D eigenvalue weighted by Crippen LogP contribution is -2.69. The summed E-state index contributed by atoms with van der Waals surface area (Å²) in [6.45, 7) is 13.9. The summed E-state index contributed by atoms with van der Waals surface area (Å²) >= 11 is 0. The van der Waals surface area contributed by atoms with E-state index in [1.807, 2.05) is 0 Å². The SMILES string of the molecule is CC1=C(C)C(C)C([Si](c2ccccc2)(c2ccccc2)c2cc(C)cc(C)c2)=C1C. The van der Waals surface area contributed by atoms with Crippen LogP contribution in [0, 0.1) is 19.8 Å². The lowest BCUT2D eigenvalue weighted by atomic mass is 10.1. The first-order valence-electron chi connectivity index (χ1n) is 11.0. The monoisotopic (exact) mass is 408 g/mol. The molecule has 0 saturated heterocycles. The van der Waals surface area contributed by atoms with Crippen LogP contribution >= 0.6 is 0 Å². The van der Waals surface area contributed by atoms with Crippen LogP contribution in [-0.2, 0) is 0 Å². The highest BCUT2D eigenvalue weighted by molar-refractivity contribution is 7.16. The molecule has 0 spiro atoms. The Hall–Kier alpha value is -2.64. The minimum atomic E-state index is -2.43. The van der Waals surface area contributed by atoms with E-state index < -0.39 is 8.07 Å². The molecule has 1 aliphatic rings. The van der Waals surface area contributed by atoms with Gasteiger partial charge < -0.3 is 0 Å². The molecular weight excluding hydrogens is 376 g/mol. The molecule has 0 fully saturated rings. The third kappa shape index (κ3) is 3.13. The van der Waals surface area contributed by atoms with Crippen molar-refractivity contribution in [3.8, 4) is 0 Å². The molecule has 0 nitrogen and oxygen atoms in total. The molecule has 0 heterocycles. The van der Waals surface area contributed by atoms with Crippen molar-refractivity contribution in [1.29, 1.82) is 0 Å². The lowest BCUT2D eigenvalue weighted by Gasteiger charge is -2.39. The zero-order valence-electron chi connectivity index (χ0n) is 19.1. The standard InChI is InChI=1S/C29H32Si/c1-20-17-21(2)19-28(18-20)30(26-13-9-7-10-14-26,27-15-11-8-12-16-27)29-24(5)22(3)23(4)25(29)6/h7-19,24H,1-6H3. The zero-order valence-corrected chi connectivity index (χ0v) is 20.1. The molecule has 1 heteroatoms. The quantitative estimate of drug-likeness (QED) is 0.388. The predicted octanol–water partition coefficient (Wildman–Crippen LogP) is 5.62. The Kier molecular flexibility index (Phi) is 5.42. The predicted molar refractivity (Wildman–Crippen MR) is 134 cm³/mol. The smallest absolute Gasteiger partial charge is 0.0636 e. The summed E-state index contributed by atoms with van der Waals surface area (Å²) in [6, 6.07) is 29.8. The number of benzene rings is 3. The van der Waals surface area contributed by atoms with Gasteiger partial charge in [0.15, 0.2) is 8.07 Å². The fourth-order valence-corrected chi connectivity index (χ4v) is 11.3. The fraction of sp³-hybridized carbons (Fsp3) is 0.241. The van der Waals surface area contributed by atoms with Gasteiger partial charge in [-0.1, -0.05) is 113 Å². The Morgan fingerprint density at radius 2 is 1.03 bits per heavy atom. The molecule has 0 N–H and O–H groups in total. The highest BCUT2D eigenvalue weighted by atomic mass is 28.3. The number of hydrogen-bond acceptors (Lipinski definition) is 0. The van der Waals surface area contributed by atoms with Crippen LogP contribution in [0.1, 0.15) is 38.8 Å². The molecule has 0 bridgehead atoms. The number of aryl methyl sites for hydroxylation is 2. The Morgan fingerprint density at radius 3 is 1.43 bits per heavy atom. The van der Waals surface area contributed by atoms with Crippen LogP contribution in [0.25, 0.3) is 0 Å². The molecule has 30 heavy (non-hydrogen) atoms. The van der Waals surface area contributed by atoms with Gasteiger partial charge in [0.25, 0.3) is 0 Å². The van der Waals surface area contributed by atoms with Crippen molar-refractivity contribution in [2.75, 3.05) is 0 Å². The number of allylic oxidation sites excluding steroid dienone is 4. The molecular formula is C29H32Si. The summed E-state index contributed by atoms with van der Waals surface area (Å²) in [5, 5.41) is 6.11.